The van der Waals surface area contributed by atoms with E-state index in [2.05, 4.69) is 15.1 Å². The molecule has 8 heteroatoms. The van der Waals surface area contributed by atoms with Crippen molar-refractivity contribution in [2.45, 2.75) is 26.8 Å². The average molecular weight is 261 g/mol. The third kappa shape index (κ3) is 5.20. The highest BCUT2D eigenvalue weighted by Gasteiger charge is 2.08. The Morgan fingerprint density at radius 2 is 2.29 bits per heavy atom. The summed E-state index contributed by atoms with van der Waals surface area (Å²) in [5.74, 6) is -0.0982. The Kier molecular flexibility index (Phi) is 5.45. The molecule has 0 radical (unpaired) electrons. The highest BCUT2D eigenvalue weighted by molar-refractivity contribution is 7.11. The molecule has 0 aliphatic carbocycles. The van der Waals surface area contributed by atoms with Crippen LogP contribution in [0.25, 0.3) is 0 Å². The standard InChI is InChI=1S/C9H15N3O4S/c1-6-8(3-4-16-12(14)15)17-9(11-6)5-10-7(2)13/h14-15H,3-5H2,1-2H3,(H,10,13). The molecule has 0 spiro atoms. The van der Waals surface area contributed by atoms with Crippen LogP contribution in [0.5, 0.6) is 0 Å². The maximum Gasteiger partial charge on any atom is 0.217 e. The summed E-state index contributed by atoms with van der Waals surface area (Å²) < 4.78 is 0. The van der Waals surface area contributed by atoms with Crippen molar-refractivity contribution in [1.82, 2.24) is 15.7 Å². The van der Waals surface area contributed by atoms with Crippen LogP contribution in [0.4, 0.5) is 0 Å². The van der Waals surface area contributed by atoms with Gasteiger partial charge >= 0.3 is 0 Å². The number of aromatic nitrogens is 1. The second-order valence-electron chi connectivity index (χ2n) is 3.36. The van der Waals surface area contributed by atoms with Crippen molar-refractivity contribution in [2.75, 3.05) is 6.61 Å². The quantitative estimate of drug-likeness (QED) is 0.651. The van der Waals surface area contributed by atoms with Gasteiger partial charge in [-0.2, -0.15) is 0 Å². The van der Waals surface area contributed by atoms with Gasteiger partial charge in [0.2, 0.25) is 5.91 Å². The third-order valence-corrected chi connectivity index (χ3v) is 3.18. The molecule has 0 unspecified atom stereocenters. The molecule has 1 aromatic rings. The molecule has 96 valence electrons. The zero-order valence-corrected chi connectivity index (χ0v) is 10.5. The smallest absolute Gasteiger partial charge is 0.217 e. The molecule has 3 N–H and O–H groups in total. The Bertz CT molecular complexity index is 380. The van der Waals surface area contributed by atoms with Crippen molar-refractivity contribution in [3.05, 3.63) is 15.6 Å². The van der Waals surface area contributed by atoms with Gasteiger partial charge in [0.25, 0.3) is 0 Å². The molecule has 0 bridgehead atoms. The molecule has 1 rings (SSSR count). The molecule has 0 aliphatic rings. The van der Waals surface area contributed by atoms with E-state index in [1.165, 1.54) is 18.3 Å². The highest BCUT2D eigenvalue weighted by Crippen LogP contribution is 2.18. The van der Waals surface area contributed by atoms with Crippen LogP contribution in [0.3, 0.4) is 0 Å². The van der Waals surface area contributed by atoms with E-state index in [0.717, 1.165) is 15.6 Å². The van der Waals surface area contributed by atoms with Gasteiger partial charge in [0.05, 0.1) is 24.2 Å². The minimum Gasteiger partial charge on any atom is -0.350 e. The lowest BCUT2D eigenvalue weighted by Gasteiger charge is -2.04. The average Bonchev–Trinajstić information content (AvgIpc) is 2.56. The molecular formula is C9H15N3O4S. The van der Waals surface area contributed by atoms with Gasteiger partial charge in [-0.15, -0.1) is 11.3 Å². The number of nitrogens with zero attached hydrogens (tertiary/aromatic N) is 2. The van der Waals surface area contributed by atoms with Gasteiger partial charge in [0.15, 0.2) is 0 Å². The van der Waals surface area contributed by atoms with Crippen molar-refractivity contribution in [2.24, 2.45) is 0 Å². The number of aryl methyl sites for hydroxylation is 1. The first-order chi connectivity index (χ1) is 7.99. The van der Waals surface area contributed by atoms with E-state index in [9.17, 15) is 4.79 Å². The summed E-state index contributed by atoms with van der Waals surface area (Å²) in [7, 11) is 0. The van der Waals surface area contributed by atoms with E-state index in [4.69, 9.17) is 10.4 Å². The van der Waals surface area contributed by atoms with Gasteiger partial charge < -0.3 is 5.32 Å². The molecule has 17 heavy (non-hydrogen) atoms. The SMILES string of the molecule is CC(=O)NCc1nc(C)c(CCON(O)O)s1. The second kappa shape index (κ2) is 6.62. The Morgan fingerprint density at radius 3 is 2.88 bits per heavy atom. The summed E-state index contributed by atoms with van der Waals surface area (Å²) in [5, 5.41) is 19.9. The van der Waals surface area contributed by atoms with Crippen LogP contribution in [-0.2, 0) is 22.6 Å². The molecule has 1 amide bonds. The van der Waals surface area contributed by atoms with Gasteiger partial charge in [-0.05, 0) is 6.92 Å². The van der Waals surface area contributed by atoms with E-state index in [1.54, 1.807) is 0 Å². The number of carbonyl (C=O) groups is 1. The van der Waals surface area contributed by atoms with E-state index < -0.39 is 0 Å². The number of hydrogen-bond donors (Lipinski definition) is 3. The largest absolute Gasteiger partial charge is 0.350 e. The molecule has 7 nitrogen and oxygen atoms in total. The zero-order chi connectivity index (χ0) is 12.8. The fraction of sp³-hybridized carbons (Fsp3) is 0.556. The molecule has 0 aromatic carbocycles. The van der Waals surface area contributed by atoms with Crippen molar-refractivity contribution in [1.29, 1.82) is 0 Å². The van der Waals surface area contributed by atoms with Gasteiger partial charge in [0, 0.05) is 18.2 Å². The lowest BCUT2D eigenvalue weighted by molar-refractivity contribution is -0.492. The van der Waals surface area contributed by atoms with Crippen molar-refractivity contribution in [3.8, 4) is 0 Å². The topological polar surface area (TPSA) is 94.9 Å². The summed E-state index contributed by atoms with van der Waals surface area (Å²) in [6.07, 6.45) is 0.529. The molecule has 0 fully saturated rings. The summed E-state index contributed by atoms with van der Waals surface area (Å²) in [6, 6.07) is 0. The Morgan fingerprint density at radius 1 is 1.59 bits per heavy atom. The summed E-state index contributed by atoms with van der Waals surface area (Å²) >= 11 is 1.47. The number of carbonyl (C=O) groups excluding carboxylic acids is 1. The van der Waals surface area contributed by atoms with Gasteiger partial charge in [-0.1, -0.05) is 0 Å². The number of hydrogen-bond acceptors (Lipinski definition) is 7. The molecule has 1 aromatic heterocycles. The number of thiazole rings is 1. The number of nitrogens with one attached hydrogen (secondary N) is 1. The lowest BCUT2D eigenvalue weighted by atomic mass is 10.3. The van der Waals surface area contributed by atoms with E-state index in [1.807, 2.05) is 6.92 Å². The fourth-order valence-electron chi connectivity index (χ4n) is 1.22. The maximum atomic E-state index is 10.7. The summed E-state index contributed by atoms with van der Waals surface area (Å²) in [5.41, 5.74) is 0.862. The first-order valence-corrected chi connectivity index (χ1v) is 5.81. The molecule has 0 aliphatic heterocycles. The highest BCUT2D eigenvalue weighted by atomic mass is 32.1. The van der Waals surface area contributed by atoms with Crippen LogP contribution in [0.2, 0.25) is 0 Å². The van der Waals surface area contributed by atoms with E-state index in [-0.39, 0.29) is 17.9 Å². The first-order valence-electron chi connectivity index (χ1n) is 4.99. The van der Waals surface area contributed by atoms with Crippen molar-refractivity contribution >= 4 is 17.2 Å². The van der Waals surface area contributed by atoms with Gasteiger partial charge in [-0.25, -0.2) is 4.98 Å². The summed E-state index contributed by atoms with van der Waals surface area (Å²) in [4.78, 5) is 20.5. The molecular weight excluding hydrogens is 246 g/mol. The Labute approximate surface area is 103 Å². The Balaban J connectivity index is 2.47. The van der Waals surface area contributed by atoms with Crippen molar-refractivity contribution < 1.29 is 20.0 Å². The van der Waals surface area contributed by atoms with Crippen LogP contribution in [-0.4, -0.2) is 33.3 Å². The summed E-state index contributed by atoms with van der Waals surface area (Å²) in [6.45, 7) is 3.87. The zero-order valence-electron chi connectivity index (χ0n) is 9.63. The van der Waals surface area contributed by atoms with Crippen LogP contribution in [0.15, 0.2) is 0 Å². The lowest BCUT2D eigenvalue weighted by Crippen LogP contribution is -2.18. The maximum absolute atomic E-state index is 10.7. The van der Waals surface area contributed by atoms with Crippen LogP contribution in [0, 0.1) is 6.92 Å². The number of amides is 1. The van der Waals surface area contributed by atoms with Crippen LogP contribution in [0.1, 0.15) is 22.5 Å². The van der Waals surface area contributed by atoms with Crippen LogP contribution < -0.4 is 5.32 Å². The van der Waals surface area contributed by atoms with E-state index in [0.29, 0.717) is 13.0 Å². The number of rotatable bonds is 6. The third-order valence-electron chi connectivity index (χ3n) is 1.96. The normalized spacial score (nSPS) is 10.9. The predicted molar refractivity (Wildman–Crippen MR) is 59.4 cm³/mol. The molecule has 0 atom stereocenters. The molecule has 0 saturated carbocycles. The minimum absolute atomic E-state index is 0.0982. The van der Waals surface area contributed by atoms with Gasteiger partial charge in [-0.3, -0.25) is 20.0 Å². The Hall–Kier alpha value is -1.06. The molecule has 1 heterocycles. The first kappa shape index (κ1) is 14.0. The van der Waals surface area contributed by atoms with Crippen molar-refractivity contribution in [3.63, 3.8) is 0 Å². The van der Waals surface area contributed by atoms with Crippen LogP contribution >= 0.6 is 11.3 Å². The van der Waals surface area contributed by atoms with E-state index >= 15 is 0 Å². The van der Waals surface area contributed by atoms with Gasteiger partial charge in [0.1, 0.15) is 5.01 Å². The monoisotopic (exact) mass is 261 g/mol. The minimum atomic E-state index is -0.311. The second-order valence-corrected chi connectivity index (χ2v) is 4.53. The molecule has 0 saturated heterocycles. The predicted octanol–water partition coefficient (Wildman–Crippen LogP) is 0.642. The fourth-order valence-corrected chi connectivity index (χ4v) is 2.21.